The number of likely N-dealkylation sites (tertiary alicyclic amines) is 1. The standard InChI is InChI=1S/C19H25Cl2N3O3/c1-27-19(26)23-8-9-24(15(13-23)12-22-6-2-3-7-22)18(25)11-14-4-5-16(20)17(21)10-14/h4-5,10,15H,2-3,6-9,11-13H2,1H3/i1-1. The van der Waals surface area contributed by atoms with Gasteiger partial charge in [0.05, 0.1) is 29.6 Å². The largest absolute Gasteiger partial charge is 0.453 e. The Balaban J connectivity index is 1.70. The van der Waals surface area contributed by atoms with Crippen molar-refractivity contribution in [3.05, 3.63) is 33.8 Å². The number of hydrogen-bond acceptors (Lipinski definition) is 4. The predicted molar refractivity (Wildman–Crippen MR) is 105 cm³/mol. The molecule has 1 aromatic carbocycles. The first-order chi connectivity index (χ1) is 13.0. The molecule has 2 heterocycles. The van der Waals surface area contributed by atoms with Gasteiger partial charge < -0.3 is 19.4 Å². The van der Waals surface area contributed by atoms with Gasteiger partial charge in [0.1, 0.15) is 0 Å². The Kier molecular flexibility index (Phi) is 6.84. The van der Waals surface area contributed by atoms with Gasteiger partial charge in [-0.05, 0) is 43.6 Å². The fraction of sp³-hybridized carbons (Fsp3) is 0.579. The zero-order valence-corrected chi connectivity index (χ0v) is 17.0. The van der Waals surface area contributed by atoms with Crippen LogP contribution in [-0.2, 0) is 16.0 Å². The quantitative estimate of drug-likeness (QED) is 0.762. The van der Waals surface area contributed by atoms with Crippen molar-refractivity contribution in [1.29, 1.82) is 0 Å². The van der Waals surface area contributed by atoms with Crippen molar-refractivity contribution < 1.29 is 14.3 Å². The van der Waals surface area contributed by atoms with Gasteiger partial charge in [0.25, 0.3) is 0 Å². The molecule has 1 unspecified atom stereocenters. The third-order valence-corrected chi connectivity index (χ3v) is 5.98. The first-order valence-electron chi connectivity index (χ1n) is 9.26. The summed E-state index contributed by atoms with van der Waals surface area (Å²) >= 11 is 12.0. The van der Waals surface area contributed by atoms with Crippen LogP contribution in [0.25, 0.3) is 0 Å². The average molecular weight is 413 g/mol. The van der Waals surface area contributed by atoms with E-state index >= 15 is 0 Å². The van der Waals surface area contributed by atoms with Gasteiger partial charge in [-0.3, -0.25) is 4.79 Å². The van der Waals surface area contributed by atoms with E-state index in [4.69, 9.17) is 27.9 Å². The number of amides is 2. The van der Waals surface area contributed by atoms with Gasteiger partial charge in [-0.1, -0.05) is 29.3 Å². The fourth-order valence-electron chi connectivity index (χ4n) is 3.82. The van der Waals surface area contributed by atoms with E-state index in [1.165, 1.54) is 20.0 Å². The van der Waals surface area contributed by atoms with Gasteiger partial charge in [-0.15, -0.1) is 0 Å². The number of halogens is 2. The van der Waals surface area contributed by atoms with Crippen LogP contribution >= 0.6 is 23.2 Å². The van der Waals surface area contributed by atoms with Crippen LogP contribution in [0.5, 0.6) is 0 Å². The zero-order chi connectivity index (χ0) is 19.4. The number of benzene rings is 1. The molecule has 0 aromatic heterocycles. The lowest BCUT2D eigenvalue weighted by molar-refractivity contribution is -0.135. The first-order valence-corrected chi connectivity index (χ1v) is 10.0. The van der Waals surface area contributed by atoms with Crippen LogP contribution in [0.15, 0.2) is 18.2 Å². The molecule has 27 heavy (non-hydrogen) atoms. The molecule has 0 saturated carbocycles. The van der Waals surface area contributed by atoms with Gasteiger partial charge in [0.2, 0.25) is 5.91 Å². The molecule has 2 amide bonds. The summed E-state index contributed by atoms with van der Waals surface area (Å²) < 4.78 is 4.87. The molecule has 148 valence electrons. The molecule has 1 aromatic rings. The third-order valence-electron chi connectivity index (χ3n) is 5.24. The average Bonchev–Trinajstić information content (AvgIpc) is 3.17. The number of piperazine rings is 1. The number of rotatable bonds is 4. The maximum absolute atomic E-state index is 13.0. The molecule has 0 N–H and O–H groups in total. The molecule has 1 atom stereocenters. The predicted octanol–water partition coefficient (Wildman–Crippen LogP) is 2.91. The van der Waals surface area contributed by atoms with E-state index in [-0.39, 0.29) is 24.5 Å². The van der Waals surface area contributed by atoms with Crippen LogP contribution in [0.1, 0.15) is 18.4 Å². The van der Waals surface area contributed by atoms with Crippen LogP contribution in [0, 0.1) is 0 Å². The molecule has 0 aliphatic carbocycles. The Morgan fingerprint density at radius 1 is 1.11 bits per heavy atom. The van der Waals surface area contributed by atoms with E-state index in [1.54, 1.807) is 17.0 Å². The second kappa shape index (κ2) is 9.13. The summed E-state index contributed by atoms with van der Waals surface area (Å²) in [5.74, 6) is 0.0436. The summed E-state index contributed by atoms with van der Waals surface area (Å²) in [5, 5.41) is 0.928. The lowest BCUT2D eigenvalue weighted by atomic mass is 10.1. The molecule has 2 aliphatic heterocycles. The van der Waals surface area contributed by atoms with Crippen molar-refractivity contribution in [3.63, 3.8) is 0 Å². The number of ether oxygens (including phenoxy) is 1. The summed E-state index contributed by atoms with van der Waals surface area (Å²) in [4.78, 5) is 30.9. The topological polar surface area (TPSA) is 53.1 Å². The highest BCUT2D eigenvalue weighted by Gasteiger charge is 2.34. The minimum atomic E-state index is -0.335. The lowest BCUT2D eigenvalue weighted by Gasteiger charge is -2.42. The van der Waals surface area contributed by atoms with Crippen molar-refractivity contribution in [2.24, 2.45) is 0 Å². The number of carbonyl (C=O) groups is 2. The Labute approximate surface area is 169 Å². The Hall–Kier alpha value is -1.50. The van der Waals surface area contributed by atoms with Crippen LogP contribution in [0.4, 0.5) is 4.79 Å². The van der Waals surface area contributed by atoms with Crippen molar-refractivity contribution in [1.82, 2.24) is 14.7 Å². The fourth-order valence-corrected chi connectivity index (χ4v) is 4.14. The number of nitrogens with zero attached hydrogens (tertiary/aromatic N) is 3. The molecule has 2 saturated heterocycles. The first kappa shape index (κ1) is 20.2. The van der Waals surface area contributed by atoms with Gasteiger partial charge in [-0.25, -0.2) is 4.79 Å². The van der Waals surface area contributed by atoms with E-state index < -0.39 is 0 Å². The molecule has 8 heteroatoms. The van der Waals surface area contributed by atoms with E-state index in [9.17, 15) is 9.59 Å². The van der Waals surface area contributed by atoms with E-state index in [2.05, 4.69) is 4.90 Å². The summed E-state index contributed by atoms with van der Waals surface area (Å²) in [6, 6.07) is 5.24. The summed E-state index contributed by atoms with van der Waals surface area (Å²) in [6.07, 6.45) is 2.30. The van der Waals surface area contributed by atoms with E-state index in [0.29, 0.717) is 29.7 Å². The van der Waals surface area contributed by atoms with Gasteiger partial charge >= 0.3 is 6.09 Å². The second-order valence-electron chi connectivity index (χ2n) is 7.09. The molecule has 0 spiro atoms. The zero-order valence-electron chi connectivity index (χ0n) is 15.5. The summed E-state index contributed by atoms with van der Waals surface area (Å²) in [5.41, 5.74) is 0.838. The monoisotopic (exact) mass is 412 g/mol. The normalized spacial score (nSPS) is 20.8. The van der Waals surface area contributed by atoms with Crippen molar-refractivity contribution in [2.75, 3.05) is 46.4 Å². The Bertz CT molecular complexity index is 695. The van der Waals surface area contributed by atoms with Crippen LogP contribution < -0.4 is 0 Å². The lowest BCUT2D eigenvalue weighted by Crippen LogP contribution is -2.59. The van der Waals surface area contributed by atoms with Gasteiger partial charge in [-0.2, -0.15) is 0 Å². The number of methoxy groups -OCH3 is 1. The smallest absolute Gasteiger partial charge is 0.409 e. The molecular weight excluding hydrogens is 388 g/mol. The molecule has 3 rings (SSSR count). The molecule has 2 fully saturated rings. The van der Waals surface area contributed by atoms with Gasteiger partial charge in [0, 0.05) is 26.2 Å². The highest BCUT2D eigenvalue weighted by Crippen LogP contribution is 2.24. The Morgan fingerprint density at radius 2 is 1.85 bits per heavy atom. The number of carbonyl (C=O) groups excluding carboxylic acids is 2. The van der Waals surface area contributed by atoms with Crippen molar-refractivity contribution in [2.45, 2.75) is 25.3 Å². The van der Waals surface area contributed by atoms with Crippen molar-refractivity contribution in [3.8, 4) is 0 Å². The van der Waals surface area contributed by atoms with Crippen molar-refractivity contribution >= 4 is 35.2 Å². The second-order valence-corrected chi connectivity index (χ2v) is 7.90. The summed E-state index contributed by atoms with van der Waals surface area (Å²) in [7, 11) is 1.39. The summed E-state index contributed by atoms with van der Waals surface area (Å²) in [6.45, 7) is 4.36. The molecule has 2 aliphatic rings. The van der Waals surface area contributed by atoms with Crippen LogP contribution in [0.2, 0.25) is 10.0 Å². The van der Waals surface area contributed by atoms with E-state index in [1.807, 2.05) is 11.0 Å². The van der Waals surface area contributed by atoms with Crippen LogP contribution in [0.3, 0.4) is 0 Å². The molecule has 0 radical (unpaired) electrons. The highest BCUT2D eigenvalue weighted by molar-refractivity contribution is 6.42. The SMILES string of the molecule is [11CH3]OC(=O)N1CCN(C(=O)Cc2ccc(Cl)c(Cl)c2)C(CN2CCCC2)C1. The molecular formula is C19H25Cl2N3O3. The van der Waals surface area contributed by atoms with Gasteiger partial charge in [0.15, 0.2) is 0 Å². The maximum Gasteiger partial charge on any atom is 0.409 e. The highest BCUT2D eigenvalue weighted by atomic mass is 35.5. The van der Waals surface area contributed by atoms with Crippen LogP contribution in [-0.4, -0.2) is 79.1 Å². The Morgan fingerprint density at radius 3 is 2.52 bits per heavy atom. The maximum atomic E-state index is 13.0. The minimum absolute atomic E-state index is 0.0359. The van der Waals surface area contributed by atoms with E-state index in [0.717, 1.165) is 25.2 Å². The minimum Gasteiger partial charge on any atom is -0.453 e. The molecule has 0 bridgehead atoms. The molecule has 6 nitrogen and oxygen atoms in total. The number of hydrogen-bond donors (Lipinski definition) is 0. The third kappa shape index (κ3) is 5.06.